The molecule has 118 valence electrons. The van der Waals surface area contributed by atoms with Crippen molar-refractivity contribution in [3.63, 3.8) is 0 Å². The Morgan fingerprint density at radius 3 is 2.67 bits per heavy atom. The summed E-state index contributed by atoms with van der Waals surface area (Å²) < 4.78 is 31.6. The molecule has 9 heteroatoms. The molecule has 1 aromatic heterocycles. The number of halogens is 1. The standard InChI is InChI=1S/C12H18BrN3O4S/c1-12(2,3)20-11(17)15-6-7-21(18,19)16-9-4-5-14-10(13)8-9/h4-5,8H,6-7H2,1-3H3,(H,14,16)(H,15,17). The molecule has 1 aromatic rings. The number of alkyl carbamates (subject to hydrolysis) is 1. The SMILES string of the molecule is CC(C)(C)OC(=O)NCCS(=O)(=O)Nc1ccnc(Br)c1. The summed E-state index contributed by atoms with van der Waals surface area (Å²) in [5.41, 5.74) is -0.223. The molecular weight excluding hydrogens is 362 g/mol. The summed E-state index contributed by atoms with van der Waals surface area (Å²) in [6.07, 6.45) is 0.824. The van der Waals surface area contributed by atoms with Crippen LogP contribution < -0.4 is 10.0 Å². The van der Waals surface area contributed by atoms with E-state index in [1.165, 1.54) is 12.3 Å². The van der Waals surface area contributed by atoms with E-state index in [0.29, 0.717) is 10.3 Å². The van der Waals surface area contributed by atoms with Gasteiger partial charge in [-0.25, -0.2) is 18.2 Å². The fraction of sp³-hybridized carbons (Fsp3) is 0.500. The van der Waals surface area contributed by atoms with Gasteiger partial charge in [0.1, 0.15) is 10.2 Å². The molecule has 1 amide bonds. The molecule has 0 radical (unpaired) electrons. The minimum Gasteiger partial charge on any atom is -0.444 e. The van der Waals surface area contributed by atoms with Crippen LogP contribution >= 0.6 is 15.9 Å². The van der Waals surface area contributed by atoms with Crippen molar-refractivity contribution in [1.82, 2.24) is 10.3 Å². The number of nitrogens with zero attached hydrogens (tertiary/aromatic N) is 1. The number of hydrogen-bond acceptors (Lipinski definition) is 5. The second-order valence-corrected chi connectivity index (χ2v) is 7.87. The maximum Gasteiger partial charge on any atom is 0.407 e. The molecular formula is C12H18BrN3O4S. The molecule has 0 saturated carbocycles. The molecule has 7 nitrogen and oxygen atoms in total. The van der Waals surface area contributed by atoms with Crippen LogP contribution in [0.3, 0.4) is 0 Å². The maximum absolute atomic E-state index is 11.8. The molecule has 0 spiro atoms. The normalized spacial score (nSPS) is 11.8. The van der Waals surface area contributed by atoms with Crippen LogP contribution in [0, 0.1) is 0 Å². The highest BCUT2D eigenvalue weighted by molar-refractivity contribution is 9.10. The highest BCUT2D eigenvalue weighted by Gasteiger charge is 2.17. The third-order valence-corrected chi connectivity index (χ3v) is 3.76. The van der Waals surface area contributed by atoms with Crippen LogP contribution in [0.15, 0.2) is 22.9 Å². The summed E-state index contributed by atoms with van der Waals surface area (Å²) in [5.74, 6) is -0.258. The van der Waals surface area contributed by atoms with Crippen molar-refractivity contribution in [2.45, 2.75) is 26.4 Å². The quantitative estimate of drug-likeness (QED) is 0.763. The molecule has 0 aliphatic heterocycles. The Kier molecular flexibility index (Phi) is 5.97. The van der Waals surface area contributed by atoms with Gasteiger partial charge in [-0.1, -0.05) is 0 Å². The van der Waals surface area contributed by atoms with Crippen LogP contribution in [0.5, 0.6) is 0 Å². The minimum atomic E-state index is -3.56. The van der Waals surface area contributed by atoms with Crippen molar-refractivity contribution in [3.8, 4) is 0 Å². The number of anilines is 1. The molecule has 2 N–H and O–H groups in total. The summed E-state index contributed by atoms with van der Waals surface area (Å²) >= 11 is 3.15. The molecule has 0 fully saturated rings. The number of pyridine rings is 1. The number of aromatic nitrogens is 1. The Bertz CT molecular complexity index is 599. The van der Waals surface area contributed by atoms with Gasteiger partial charge in [-0.05, 0) is 48.8 Å². The summed E-state index contributed by atoms with van der Waals surface area (Å²) in [5, 5.41) is 2.39. The average molecular weight is 380 g/mol. The summed E-state index contributed by atoms with van der Waals surface area (Å²) in [6.45, 7) is 5.14. The van der Waals surface area contributed by atoms with Gasteiger partial charge in [-0.3, -0.25) is 4.72 Å². The van der Waals surface area contributed by atoms with Crippen molar-refractivity contribution in [3.05, 3.63) is 22.9 Å². The van der Waals surface area contributed by atoms with Gasteiger partial charge in [0.25, 0.3) is 0 Å². The lowest BCUT2D eigenvalue weighted by atomic mass is 10.2. The predicted octanol–water partition coefficient (Wildman–Crippen LogP) is 2.11. The molecule has 0 aliphatic rings. The predicted molar refractivity (Wildman–Crippen MR) is 83.6 cm³/mol. The number of hydrogen-bond donors (Lipinski definition) is 2. The first kappa shape index (κ1) is 17.7. The van der Waals surface area contributed by atoms with E-state index in [0.717, 1.165) is 0 Å². The zero-order chi connectivity index (χ0) is 16.1. The van der Waals surface area contributed by atoms with E-state index in [2.05, 4.69) is 31.0 Å². The van der Waals surface area contributed by atoms with E-state index in [1.807, 2.05) is 0 Å². The Hall–Kier alpha value is -1.35. The first-order valence-electron chi connectivity index (χ1n) is 6.16. The highest BCUT2D eigenvalue weighted by Crippen LogP contribution is 2.14. The lowest BCUT2D eigenvalue weighted by molar-refractivity contribution is 0.0531. The maximum atomic E-state index is 11.8. The van der Waals surface area contributed by atoms with Gasteiger partial charge >= 0.3 is 6.09 Å². The van der Waals surface area contributed by atoms with Crippen LogP contribution in [0.4, 0.5) is 10.5 Å². The van der Waals surface area contributed by atoms with Crippen LogP contribution in [0.1, 0.15) is 20.8 Å². The summed E-state index contributed by atoms with van der Waals surface area (Å²) in [6, 6.07) is 3.07. The summed E-state index contributed by atoms with van der Waals surface area (Å²) in [4.78, 5) is 15.3. The third kappa shape index (κ3) is 7.86. The first-order valence-corrected chi connectivity index (χ1v) is 8.61. The highest BCUT2D eigenvalue weighted by atomic mass is 79.9. The number of carbonyl (C=O) groups excluding carboxylic acids is 1. The monoisotopic (exact) mass is 379 g/mol. The van der Waals surface area contributed by atoms with E-state index in [1.54, 1.807) is 26.8 Å². The van der Waals surface area contributed by atoms with Gasteiger partial charge < -0.3 is 10.1 Å². The van der Waals surface area contributed by atoms with E-state index >= 15 is 0 Å². The smallest absolute Gasteiger partial charge is 0.407 e. The molecule has 0 atom stereocenters. The third-order valence-electron chi connectivity index (χ3n) is 2.04. The van der Waals surface area contributed by atoms with Crippen molar-refractivity contribution < 1.29 is 17.9 Å². The molecule has 0 unspecified atom stereocenters. The first-order chi connectivity index (χ1) is 9.57. The van der Waals surface area contributed by atoms with Gasteiger partial charge in [0, 0.05) is 12.7 Å². The van der Waals surface area contributed by atoms with Crippen LogP contribution in [0.2, 0.25) is 0 Å². The molecule has 21 heavy (non-hydrogen) atoms. The number of amides is 1. The van der Waals surface area contributed by atoms with Gasteiger partial charge in [0.2, 0.25) is 10.0 Å². The number of ether oxygens (including phenoxy) is 1. The molecule has 0 bridgehead atoms. The second-order valence-electron chi connectivity index (χ2n) is 5.22. The van der Waals surface area contributed by atoms with Crippen molar-refractivity contribution in [2.24, 2.45) is 0 Å². The van der Waals surface area contributed by atoms with Crippen molar-refractivity contribution >= 4 is 37.7 Å². The molecule has 1 heterocycles. The number of rotatable bonds is 5. The Labute approximate surface area is 132 Å². The topological polar surface area (TPSA) is 97.4 Å². The van der Waals surface area contributed by atoms with E-state index in [-0.39, 0.29) is 12.3 Å². The van der Waals surface area contributed by atoms with Crippen molar-refractivity contribution in [2.75, 3.05) is 17.0 Å². The zero-order valence-corrected chi connectivity index (χ0v) is 14.4. The van der Waals surface area contributed by atoms with Crippen LogP contribution in [0.25, 0.3) is 0 Å². The van der Waals surface area contributed by atoms with Gasteiger partial charge in [-0.15, -0.1) is 0 Å². The van der Waals surface area contributed by atoms with Gasteiger partial charge in [-0.2, -0.15) is 0 Å². The molecule has 0 aromatic carbocycles. The molecule has 0 aliphatic carbocycles. The Morgan fingerprint density at radius 1 is 1.43 bits per heavy atom. The van der Waals surface area contributed by atoms with E-state index in [9.17, 15) is 13.2 Å². The summed E-state index contributed by atoms with van der Waals surface area (Å²) in [7, 11) is -3.56. The van der Waals surface area contributed by atoms with E-state index < -0.39 is 21.7 Å². The van der Waals surface area contributed by atoms with Gasteiger partial charge in [0.15, 0.2) is 0 Å². The van der Waals surface area contributed by atoms with Crippen molar-refractivity contribution in [1.29, 1.82) is 0 Å². The number of sulfonamides is 1. The average Bonchev–Trinajstić information content (AvgIpc) is 2.24. The zero-order valence-electron chi connectivity index (χ0n) is 12.0. The van der Waals surface area contributed by atoms with Crippen LogP contribution in [-0.2, 0) is 14.8 Å². The lowest BCUT2D eigenvalue weighted by Crippen LogP contribution is -2.35. The second kappa shape index (κ2) is 7.08. The van der Waals surface area contributed by atoms with Crippen LogP contribution in [-0.4, -0.2) is 37.4 Å². The molecule has 1 rings (SSSR count). The lowest BCUT2D eigenvalue weighted by Gasteiger charge is -2.19. The fourth-order valence-electron chi connectivity index (χ4n) is 1.30. The largest absolute Gasteiger partial charge is 0.444 e. The minimum absolute atomic E-state index is 0.0451. The van der Waals surface area contributed by atoms with E-state index in [4.69, 9.17) is 4.74 Å². The number of nitrogens with one attached hydrogen (secondary N) is 2. The number of carbonyl (C=O) groups is 1. The van der Waals surface area contributed by atoms with Gasteiger partial charge in [0.05, 0.1) is 11.4 Å². The Morgan fingerprint density at radius 2 is 2.10 bits per heavy atom. The Balaban J connectivity index is 2.45. The molecule has 0 saturated heterocycles. The fourth-order valence-corrected chi connectivity index (χ4v) is 2.62.